The number of carboxylic acids is 1. The molecule has 15 heavy (non-hydrogen) atoms. The topological polar surface area (TPSA) is 49.3 Å². The van der Waals surface area contributed by atoms with Gasteiger partial charge >= 0.3 is 5.97 Å². The average Bonchev–Trinajstić information content (AvgIpc) is 2.14. The predicted molar refractivity (Wildman–Crippen MR) is 55.0 cm³/mol. The molecule has 0 bridgehead atoms. The van der Waals surface area contributed by atoms with Crippen LogP contribution in [0.2, 0.25) is 0 Å². The Labute approximate surface area is 87.9 Å². The maximum atomic E-state index is 12.8. The van der Waals surface area contributed by atoms with E-state index in [1.165, 1.54) is 12.1 Å². The van der Waals surface area contributed by atoms with Crippen molar-refractivity contribution in [3.63, 3.8) is 0 Å². The second kappa shape index (κ2) is 5.46. The molecule has 0 fully saturated rings. The molecule has 0 amide bonds. The molecule has 1 rings (SSSR count). The van der Waals surface area contributed by atoms with Gasteiger partial charge in [-0.1, -0.05) is 12.1 Å². The highest BCUT2D eigenvalue weighted by Crippen LogP contribution is 2.03. The second-order valence-corrected chi connectivity index (χ2v) is 3.51. The molecular weight excluding hydrogens is 197 g/mol. The molecular formula is C11H14FNO2. The summed E-state index contributed by atoms with van der Waals surface area (Å²) in [6.45, 7) is 2.26. The summed E-state index contributed by atoms with van der Waals surface area (Å²) >= 11 is 0. The van der Waals surface area contributed by atoms with Crippen LogP contribution >= 0.6 is 0 Å². The van der Waals surface area contributed by atoms with Gasteiger partial charge < -0.3 is 10.4 Å². The van der Waals surface area contributed by atoms with Crippen LogP contribution in [0.3, 0.4) is 0 Å². The van der Waals surface area contributed by atoms with Gasteiger partial charge in [0.05, 0.1) is 6.42 Å². The van der Waals surface area contributed by atoms with Crippen molar-refractivity contribution < 1.29 is 14.3 Å². The molecule has 0 aromatic heterocycles. The fraction of sp³-hybridized carbons (Fsp3) is 0.364. The van der Waals surface area contributed by atoms with Crippen LogP contribution in [-0.4, -0.2) is 17.1 Å². The van der Waals surface area contributed by atoms with E-state index in [9.17, 15) is 9.18 Å². The van der Waals surface area contributed by atoms with Crippen molar-refractivity contribution in [1.82, 2.24) is 5.32 Å². The molecule has 1 atom stereocenters. The molecule has 1 aromatic carbocycles. The van der Waals surface area contributed by atoms with E-state index in [0.29, 0.717) is 6.54 Å². The first-order valence-corrected chi connectivity index (χ1v) is 4.77. The fourth-order valence-electron chi connectivity index (χ4n) is 1.27. The Balaban J connectivity index is 2.40. The van der Waals surface area contributed by atoms with Crippen LogP contribution in [0.15, 0.2) is 24.3 Å². The van der Waals surface area contributed by atoms with Gasteiger partial charge in [-0.2, -0.15) is 0 Å². The number of halogens is 1. The number of benzene rings is 1. The molecule has 82 valence electrons. The number of hydrogen-bond acceptors (Lipinski definition) is 2. The van der Waals surface area contributed by atoms with Crippen molar-refractivity contribution in [1.29, 1.82) is 0 Å². The summed E-state index contributed by atoms with van der Waals surface area (Å²) in [4.78, 5) is 10.4. The van der Waals surface area contributed by atoms with Crippen molar-refractivity contribution in [2.45, 2.75) is 25.9 Å². The molecule has 0 aliphatic heterocycles. The maximum absolute atomic E-state index is 12.8. The molecule has 3 nitrogen and oxygen atoms in total. The number of nitrogens with one attached hydrogen (secondary N) is 1. The highest BCUT2D eigenvalue weighted by atomic mass is 19.1. The van der Waals surface area contributed by atoms with Gasteiger partial charge in [0, 0.05) is 12.6 Å². The standard InChI is InChI=1S/C11H14FNO2/c1-8(5-11(14)15)13-7-9-3-2-4-10(12)6-9/h2-4,6,8,13H,5,7H2,1H3,(H,14,15). The summed E-state index contributed by atoms with van der Waals surface area (Å²) in [6, 6.07) is 6.12. The molecule has 1 unspecified atom stereocenters. The van der Waals surface area contributed by atoms with Crippen LogP contribution in [0.1, 0.15) is 18.9 Å². The fourth-order valence-corrected chi connectivity index (χ4v) is 1.27. The third-order valence-corrected chi connectivity index (χ3v) is 2.02. The molecule has 0 saturated carbocycles. The number of aliphatic carboxylic acids is 1. The number of rotatable bonds is 5. The van der Waals surface area contributed by atoms with Crippen molar-refractivity contribution >= 4 is 5.97 Å². The lowest BCUT2D eigenvalue weighted by Crippen LogP contribution is -2.27. The highest BCUT2D eigenvalue weighted by Gasteiger charge is 2.06. The van der Waals surface area contributed by atoms with Crippen molar-refractivity contribution in [3.8, 4) is 0 Å². The Morgan fingerprint density at radius 2 is 2.33 bits per heavy atom. The quantitative estimate of drug-likeness (QED) is 0.780. The van der Waals surface area contributed by atoms with Gasteiger partial charge in [-0.25, -0.2) is 4.39 Å². The van der Waals surface area contributed by atoms with Crippen molar-refractivity contribution in [2.75, 3.05) is 0 Å². The first kappa shape index (κ1) is 11.7. The summed E-state index contributed by atoms with van der Waals surface area (Å²) < 4.78 is 12.8. The third-order valence-electron chi connectivity index (χ3n) is 2.02. The Morgan fingerprint density at radius 3 is 2.93 bits per heavy atom. The van der Waals surface area contributed by atoms with Gasteiger partial charge in [-0.15, -0.1) is 0 Å². The lowest BCUT2D eigenvalue weighted by molar-refractivity contribution is -0.137. The van der Waals surface area contributed by atoms with Crippen LogP contribution in [0.4, 0.5) is 4.39 Å². The largest absolute Gasteiger partial charge is 0.481 e. The number of hydrogen-bond donors (Lipinski definition) is 2. The van der Waals surface area contributed by atoms with E-state index < -0.39 is 5.97 Å². The number of carbonyl (C=O) groups is 1. The summed E-state index contributed by atoms with van der Waals surface area (Å²) in [7, 11) is 0. The van der Waals surface area contributed by atoms with Crippen LogP contribution < -0.4 is 5.32 Å². The molecule has 4 heteroatoms. The normalized spacial score (nSPS) is 12.4. The van der Waals surface area contributed by atoms with E-state index in [0.717, 1.165) is 5.56 Å². The minimum atomic E-state index is -0.839. The zero-order valence-electron chi connectivity index (χ0n) is 8.53. The van der Waals surface area contributed by atoms with Crippen LogP contribution in [-0.2, 0) is 11.3 Å². The van der Waals surface area contributed by atoms with Gasteiger partial charge in [-0.05, 0) is 24.6 Å². The zero-order valence-corrected chi connectivity index (χ0v) is 8.53. The van der Waals surface area contributed by atoms with E-state index in [2.05, 4.69) is 5.32 Å². The molecule has 0 saturated heterocycles. The van der Waals surface area contributed by atoms with E-state index in [1.54, 1.807) is 19.1 Å². The highest BCUT2D eigenvalue weighted by molar-refractivity contribution is 5.67. The van der Waals surface area contributed by atoms with Gasteiger partial charge in [-0.3, -0.25) is 4.79 Å². The van der Waals surface area contributed by atoms with Crippen LogP contribution in [0.5, 0.6) is 0 Å². The second-order valence-electron chi connectivity index (χ2n) is 3.51. The SMILES string of the molecule is CC(CC(=O)O)NCc1cccc(F)c1. The molecule has 0 heterocycles. The molecule has 1 aromatic rings. The van der Waals surface area contributed by atoms with E-state index in [-0.39, 0.29) is 18.3 Å². The van der Waals surface area contributed by atoms with Gasteiger partial charge in [0.25, 0.3) is 0 Å². The minimum absolute atomic E-state index is 0.0648. The maximum Gasteiger partial charge on any atom is 0.304 e. The van der Waals surface area contributed by atoms with Crippen molar-refractivity contribution in [2.24, 2.45) is 0 Å². The van der Waals surface area contributed by atoms with E-state index in [1.807, 2.05) is 0 Å². The number of carboxylic acid groups (broad SMARTS) is 1. The molecule has 0 aliphatic rings. The van der Waals surface area contributed by atoms with Crippen LogP contribution in [0.25, 0.3) is 0 Å². The summed E-state index contributed by atoms with van der Waals surface area (Å²) in [5, 5.41) is 11.5. The lowest BCUT2D eigenvalue weighted by Gasteiger charge is -2.11. The smallest absolute Gasteiger partial charge is 0.304 e. The summed E-state index contributed by atoms with van der Waals surface area (Å²) in [5.41, 5.74) is 0.812. The minimum Gasteiger partial charge on any atom is -0.481 e. The van der Waals surface area contributed by atoms with Gasteiger partial charge in [0.15, 0.2) is 0 Å². The Bertz CT molecular complexity index is 341. The van der Waals surface area contributed by atoms with Gasteiger partial charge in [0.1, 0.15) is 5.82 Å². The zero-order chi connectivity index (χ0) is 11.3. The van der Waals surface area contributed by atoms with Crippen molar-refractivity contribution in [3.05, 3.63) is 35.6 Å². The molecule has 0 spiro atoms. The monoisotopic (exact) mass is 211 g/mol. The molecule has 0 radical (unpaired) electrons. The molecule has 0 aliphatic carbocycles. The summed E-state index contributed by atoms with van der Waals surface area (Å²) in [5.74, 6) is -1.12. The van der Waals surface area contributed by atoms with Gasteiger partial charge in [0.2, 0.25) is 0 Å². The Morgan fingerprint density at radius 1 is 1.60 bits per heavy atom. The Hall–Kier alpha value is -1.42. The first-order chi connectivity index (χ1) is 7.08. The van der Waals surface area contributed by atoms with Crippen LogP contribution in [0, 0.1) is 5.82 Å². The predicted octanol–water partition coefficient (Wildman–Crippen LogP) is 1.78. The first-order valence-electron chi connectivity index (χ1n) is 4.77. The molecule has 2 N–H and O–H groups in total. The Kier molecular flexibility index (Phi) is 4.24. The third kappa shape index (κ3) is 4.56. The van der Waals surface area contributed by atoms with E-state index in [4.69, 9.17) is 5.11 Å². The van der Waals surface area contributed by atoms with E-state index >= 15 is 0 Å². The average molecular weight is 211 g/mol. The summed E-state index contributed by atoms with van der Waals surface area (Å²) in [6.07, 6.45) is 0.0648. The lowest BCUT2D eigenvalue weighted by atomic mass is 10.2.